The second-order valence-corrected chi connectivity index (χ2v) is 3.52. The summed E-state index contributed by atoms with van der Waals surface area (Å²) in [5, 5.41) is 27.6. The van der Waals surface area contributed by atoms with Gasteiger partial charge in [0.2, 0.25) is 5.95 Å². The molecule has 0 atom stereocenters. The molecule has 1 aromatic carbocycles. The number of benzene rings is 1. The third-order valence-electron chi connectivity index (χ3n) is 2.22. The van der Waals surface area contributed by atoms with Crippen molar-refractivity contribution in [3.05, 3.63) is 23.8 Å². The number of rotatable bonds is 4. The fourth-order valence-electron chi connectivity index (χ4n) is 1.43. The molecule has 2 aromatic rings. The molecular formula is C11H12N4O4. The summed E-state index contributed by atoms with van der Waals surface area (Å²) < 4.78 is 5.02. The molecule has 0 radical (unpaired) electrons. The Balaban J connectivity index is 2.16. The lowest BCUT2D eigenvalue weighted by Gasteiger charge is -2.05. The smallest absolute Gasteiger partial charge is 0.337 e. The Bertz CT molecular complexity index is 576. The number of aromatic nitrogens is 3. The molecule has 0 fully saturated rings. The van der Waals surface area contributed by atoms with Gasteiger partial charge in [0.25, 0.3) is 5.91 Å². The molecule has 0 spiro atoms. The Kier molecular flexibility index (Phi) is 3.51. The van der Waals surface area contributed by atoms with Crippen LogP contribution >= 0.6 is 0 Å². The molecule has 2 rings (SSSR count). The first-order valence-corrected chi connectivity index (χ1v) is 5.49. The van der Waals surface area contributed by atoms with E-state index in [-0.39, 0.29) is 29.0 Å². The number of hydrogen-bond acceptors (Lipinski definition) is 6. The summed E-state index contributed by atoms with van der Waals surface area (Å²) in [5.41, 5.74) is -0.239. The van der Waals surface area contributed by atoms with E-state index in [0.717, 1.165) is 0 Å². The second kappa shape index (κ2) is 5.25. The number of phenolic OH excluding ortho intramolecular Hbond substituents is 2. The summed E-state index contributed by atoms with van der Waals surface area (Å²) >= 11 is 0. The first-order valence-electron chi connectivity index (χ1n) is 5.49. The predicted octanol–water partition coefficient (Wildman–Crippen LogP) is 0.867. The highest BCUT2D eigenvalue weighted by molar-refractivity contribution is 6.07. The Labute approximate surface area is 108 Å². The van der Waals surface area contributed by atoms with Crippen LogP contribution < -0.4 is 10.1 Å². The third kappa shape index (κ3) is 2.73. The minimum atomic E-state index is -0.713. The third-order valence-corrected chi connectivity index (χ3v) is 2.22. The number of aromatic hydroxyl groups is 2. The zero-order valence-corrected chi connectivity index (χ0v) is 10.0. The molecule has 0 saturated heterocycles. The standard InChI is InChI=1S/C11H12N4O4/c1-2-19-11-13-10(14-15-11)12-9(18)8-6(16)4-3-5-7(8)17/h3-5,16-17H,2H2,1H3,(H2,12,13,14,15,18). The van der Waals surface area contributed by atoms with E-state index in [1.54, 1.807) is 6.92 Å². The largest absolute Gasteiger partial charge is 0.507 e. The van der Waals surface area contributed by atoms with Crippen molar-refractivity contribution in [2.45, 2.75) is 6.92 Å². The van der Waals surface area contributed by atoms with Gasteiger partial charge >= 0.3 is 6.01 Å². The van der Waals surface area contributed by atoms with E-state index in [0.29, 0.717) is 6.61 Å². The first kappa shape index (κ1) is 12.7. The van der Waals surface area contributed by atoms with Crippen LogP contribution in [0.5, 0.6) is 17.5 Å². The van der Waals surface area contributed by atoms with Gasteiger partial charge in [-0.3, -0.25) is 10.1 Å². The minimum Gasteiger partial charge on any atom is -0.507 e. The Morgan fingerprint density at radius 1 is 1.42 bits per heavy atom. The summed E-state index contributed by atoms with van der Waals surface area (Å²) in [5.74, 6) is -1.32. The van der Waals surface area contributed by atoms with Crippen LogP contribution in [0.2, 0.25) is 0 Å². The lowest BCUT2D eigenvalue weighted by molar-refractivity contribution is 0.102. The maximum Gasteiger partial charge on any atom is 0.337 e. The molecule has 1 heterocycles. The first-order chi connectivity index (χ1) is 9.11. The molecule has 0 saturated carbocycles. The number of H-pyrrole nitrogens is 1. The molecule has 1 amide bonds. The van der Waals surface area contributed by atoms with Crippen LogP contribution in [0.1, 0.15) is 17.3 Å². The number of carbonyl (C=O) groups is 1. The monoisotopic (exact) mass is 264 g/mol. The molecule has 0 bridgehead atoms. The van der Waals surface area contributed by atoms with Gasteiger partial charge in [0, 0.05) is 0 Å². The normalized spacial score (nSPS) is 10.2. The van der Waals surface area contributed by atoms with E-state index in [1.807, 2.05) is 0 Å². The molecule has 0 unspecified atom stereocenters. The Morgan fingerprint density at radius 2 is 2.11 bits per heavy atom. The van der Waals surface area contributed by atoms with Gasteiger partial charge < -0.3 is 14.9 Å². The van der Waals surface area contributed by atoms with Crippen LogP contribution in [-0.4, -0.2) is 37.9 Å². The van der Waals surface area contributed by atoms with Gasteiger partial charge in [-0.05, 0) is 19.1 Å². The minimum absolute atomic E-state index is 0.0519. The fourth-order valence-corrected chi connectivity index (χ4v) is 1.43. The van der Waals surface area contributed by atoms with Crippen molar-refractivity contribution in [3.8, 4) is 17.5 Å². The van der Waals surface area contributed by atoms with Gasteiger partial charge in [0.15, 0.2) is 0 Å². The van der Waals surface area contributed by atoms with Crippen LogP contribution in [0, 0.1) is 0 Å². The number of aromatic amines is 1. The number of ether oxygens (including phenoxy) is 1. The highest BCUT2D eigenvalue weighted by Crippen LogP contribution is 2.26. The lowest BCUT2D eigenvalue weighted by atomic mass is 10.1. The fraction of sp³-hybridized carbons (Fsp3) is 0.182. The van der Waals surface area contributed by atoms with Gasteiger partial charge in [-0.25, -0.2) is 5.10 Å². The van der Waals surface area contributed by atoms with Crippen molar-refractivity contribution in [2.75, 3.05) is 11.9 Å². The summed E-state index contributed by atoms with van der Waals surface area (Å²) in [6, 6.07) is 4.10. The number of hydrogen-bond donors (Lipinski definition) is 4. The van der Waals surface area contributed by atoms with Gasteiger partial charge in [-0.2, -0.15) is 4.98 Å². The second-order valence-electron chi connectivity index (χ2n) is 3.52. The Hall–Kier alpha value is -2.77. The van der Waals surface area contributed by atoms with Crippen molar-refractivity contribution in [2.24, 2.45) is 0 Å². The van der Waals surface area contributed by atoms with Crippen molar-refractivity contribution < 1.29 is 19.7 Å². The SMILES string of the molecule is CCOc1n[nH]c(NC(=O)c2c(O)cccc2O)n1. The zero-order chi connectivity index (χ0) is 13.8. The van der Waals surface area contributed by atoms with Crippen LogP contribution in [0.15, 0.2) is 18.2 Å². The van der Waals surface area contributed by atoms with E-state index in [9.17, 15) is 15.0 Å². The molecule has 0 aliphatic heterocycles. The van der Waals surface area contributed by atoms with E-state index in [4.69, 9.17) is 4.74 Å². The van der Waals surface area contributed by atoms with E-state index in [1.165, 1.54) is 18.2 Å². The van der Waals surface area contributed by atoms with Crippen molar-refractivity contribution in [1.29, 1.82) is 0 Å². The molecule has 4 N–H and O–H groups in total. The van der Waals surface area contributed by atoms with E-state index in [2.05, 4.69) is 20.5 Å². The number of carbonyl (C=O) groups excluding carboxylic acids is 1. The topological polar surface area (TPSA) is 120 Å². The summed E-state index contributed by atoms with van der Waals surface area (Å²) in [7, 11) is 0. The van der Waals surface area contributed by atoms with Gasteiger partial charge in [-0.1, -0.05) is 6.07 Å². The summed E-state index contributed by atoms with van der Waals surface area (Å²) in [4.78, 5) is 15.7. The zero-order valence-electron chi connectivity index (χ0n) is 10.0. The average Bonchev–Trinajstić information content (AvgIpc) is 2.77. The van der Waals surface area contributed by atoms with Crippen molar-refractivity contribution in [3.63, 3.8) is 0 Å². The number of amides is 1. The van der Waals surface area contributed by atoms with Crippen LogP contribution in [0.3, 0.4) is 0 Å². The molecular weight excluding hydrogens is 252 g/mol. The van der Waals surface area contributed by atoms with Crippen LogP contribution in [0.25, 0.3) is 0 Å². The van der Waals surface area contributed by atoms with Crippen LogP contribution in [0.4, 0.5) is 5.95 Å². The molecule has 8 heteroatoms. The predicted molar refractivity (Wildman–Crippen MR) is 65.3 cm³/mol. The molecule has 0 aliphatic rings. The number of nitrogens with zero attached hydrogens (tertiary/aromatic N) is 2. The average molecular weight is 264 g/mol. The molecule has 1 aromatic heterocycles. The van der Waals surface area contributed by atoms with Gasteiger partial charge in [0.1, 0.15) is 17.1 Å². The quantitative estimate of drug-likeness (QED) is 0.650. The highest BCUT2D eigenvalue weighted by atomic mass is 16.5. The van der Waals surface area contributed by atoms with Crippen LogP contribution in [-0.2, 0) is 0 Å². The maximum atomic E-state index is 11.9. The number of nitrogens with one attached hydrogen (secondary N) is 2. The Morgan fingerprint density at radius 3 is 2.74 bits per heavy atom. The summed E-state index contributed by atoms with van der Waals surface area (Å²) in [6.45, 7) is 2.17. The maximum absolute atomic E-state index is 11.9. The summed E-state index contributed by atoms with van der Waals surface area (Å²) in [6.07, 6.45) is 0. The van der Waals surface area contributed by atoms with Crippen molar-refractivity contribution in [1.82, 2.24) is 15.2 Å². The molecule has 8 nitrogen and oxygen atoms in total. The van der Waals surface area contributed by atoms with Gasteiger partial charge in [0.05, 0.1) is 6.61 Å². The lowest BCUT2D eigenvalue weighted by Crippen LogP contribution is -2.13. The molecule has 19 heavy (non-hydrogen) atoms. The molecule has 0 aliphatic carbocycles. The van der Waals surface area contributed by atoms with Crippen molar-refractivity contribution >= 4 is 11.9 Å². The highest BCUT2D eigenvalue weighted by Gasteiger charge is 2.17. The number of anilines is 1. The van der Waals surface area contributed by atoms with Gasteiger partial charge in [-0.15, -0.1) is 5.10 Å². The van der Waals surface area contributed by atoms with E-state index < -0.39 is 5.91 Å². The number of phenols is 2. The molecule has 100 valence electrons. The van der Waals surface area contributed by atoms with E-state index >= 15 is 0 Å².